The first-order chi connectivity index (χ1) is 13.3. The third kappa shape index (κ3) is 2.91. The summed E-state index contributed by atoms with van der Waals surface area (Å²) in [6.07, 6.45) is 2.01. The van der Waals surface area contributed by atoms with Gasteiger partial charge in [-0.15, -0.1) is 21.5 Å². The standard InChI is InChI=1S/C21H13ClN4S/c22-15-10-8-14(9-11-15)19-17-13-26(16-5-2-1-3-6-16)25-20(17)21(24-23-19)18-7-4-12-27-18/h1-13H. The molecule has 0 aliphatic carbocycles. The van der Waals surface area contributed by atoms with E-state index in [0.29, 0.717) is 5.02 Å². The van der Waals surface area contributed by atoms with E-state index in [-0.39, 0.29) is 0 Å². The molecular weight excluding hydrogens is 376 g/mol. The third-order valence-electron chi connectivity index (χ3n) is 4.34. The molecule has 5 aromatic rings. The number of aromatic nitrogens is 4. The van der Waals surface area contributed by atoms with Gasteiger partial charge in [-0.3, -0.25) is 0 Å². The highest BCUT2D eigenvalue weighted by Crippen LogP contribution is 2.34. The lowest BCUT2D eigenvalue weighted by Gasteiger charge is -2.04. The average Bonchev–Trinajstić information content (AvgIpc) is 3.39. The fraction of sp³-hybridized carbons (Fsp3) is 0. The molecule has 0 aliphatic heterocycles. The number of fused-ring (bicyclic) bond motifs is 1. The number of thiophene rings is 1. The van der Waals surface area contributed by atoms with E-state index in [0.717, 1.165) is 38.4 Å². The summed E-state index contributed by atoms with van der Waals surface area (Å²) in [5.41, 5.74) is 4.38. The van der Waals surface area contributed by atoms with Crippen LogP contribution in [0.2, 0.25) is 5.02 Å². The van der Waals surface area contributed by atoms with Crippen molar-refractivity contribution >= 4 is 33.8 Å². The minimum Gasteiger partial charge on any atom is -0.240 e. The van der Waals surface area contributed by atoms with Crippen molar-refractivity contribution < 1.29 is 0 Å². The number of benzene rings is 2. The Kier molecular flexibility index (Phi) is 3.96. The Morgan fingerprint density at radius 3 is 2.33 bits per heavy atom. The maximum absolute atomic E-state index is 6.04. The molecule has 3 aromatic heterocycles. The zero-order chi connectivity index (χ0) is 18.2. The number of hydrogen-bond donors (Lipinski definition) is 0. The molecule has 0 saturated carbocycles. The summed E-state index contributed by atoms with van der Waals surface area (Å²) in [6.45, 7) is 0. The van der Waals surface area contributed by atoms with Gasteiger partial charge in [-0.25, -0.2) is 4.68 Å². The Morgan fingerprint density at radius 2 is 1.59 bits per heavy atom. The molecule has 4 nitrogen and oxygen atoms in total. The second-order valence-electron chi connectivity index (χ2n) is 6.05. The van der Waals surface area contributed by atoms with Crippen molar-refractivity contribution in [1.82, 2.24) is 20.0 Å². The third-order valence-corrected chi connectivity index (χ3v) is 5.47. The second kappa shape index (κ2) is 6.61. The quantitative estimate of drug-likeness (QED) is 0.388. The number of halogens is 1. The van der Waals surface area contributed by atoms with Gasteiger partial charge >= 0.3 is 0 Å². The molecule has 27 heavy (non-hydrogen) atoms. The van der Waals surface area contributed by atoms with Crippen molar-refractivity contribution in [3.63, 3.8) is 0 Å². The lowest BCUT2D eigenvalue weighted by molar-refractivity contribution is 0.895. The fourth-order valence-corrected chi connectivity index (χ4v) is 3.87. The van der Waals surface area contributed by atoms with Crippen LogP contribution in [0.3, 0.4) is 0 Å². The molecule has 5 rings (SSSR count). The molecule has 0 spiro atoms. The summed E-state index contributed by atoms with van der Waals surface area (Å²) in [6, 6.07) is 21.7. The Balaban J connectivity index is 1.78. The summed E-state index contributed by atoms with van der Waals surface area (Å²) in [5, 5.41) is 17.6. The van der Waals surface area contributed by atoms with Crippen molar-refractivity contribution in [3.05, 3.63) is 83.3 Å². The molecule has 0 fully saturated rings. The van der Waals surface area contributed by atoms with Gasteiger partial charge < -0.3 is 0 Å². The monoisotopic (exact) mass is 388 g/mol. The molecule has 130 valence electrons. The summed E-state index contributed by atoms with van der Waals surface area (Å²) < 4.78 is 1.88. The predicted molar refractivity (Wildman–Crippen MR) is 110 cm³/mol. The van der Waals surface area contributed by atoms with Crippen LogP contribution >= 0.6 is 22.9 Å². The van der Waals surface area contributed by atoms with Gasteiger partial charge in [-0.2, -0.15) is 5.10 Å². The zero-order valence-corrected chi connectivity index (χ0v) is 15.7. The molecule has 3 heterocycles. The summed E-state index contributed by atoms with van der Waals surface area (Å²) in [4.78, 5) is 1.05. The first kappa shape index (κ1) is 16.2. The van der Waals surface area contributed by atoms with Gasteiger partial charge in [0.05, 0.1) is 16.0 Å². The van der Waals surface area contributed by atoms with Crippen LogP contribution in [0, 0.1) is 0 Å². The highest BCUT2D eigenvalue weighted by Gasteiger charge is 2.17. The van der Waals surface area contributed by atoms with Crippen molar-refractivity contribution in [3.8, 4) is 27.5 Å². The van der Waals surface area contributed by atoms with E-state index < -0.39 is 0 Å². The van der Waals surface area contributed by atoms with Gasteiger partial charge in [0.2, 0.25) is 0 Å². The molecule has 0 N–H and O–H groups in total. The van der Waals surface area contributed by atoms with Crippen molar-refractivity contribution in [2.45, 2.75) is 0 Å². The Morgan fingerprint density at radius 1 is 0.815 bits per heavy atom. The predicted octanol–water partition coefficient (Wildman–Crippen LogP) is 5.86. The average molecular weight is 389 g/mol. The fourth-order valence-electron chi connectivity index (χ4n) is 3.04. The molecule has 0 bridgehead atoms. The number of rotatable bonds is 3. The van der Waals surface area contributed by atoms with E-state index in [1.807, 2.05) is 83.0 Å². The molecule has 0 amide bonds. The van der Waals surface area contributed by atoms with E-state index in [9.17, 15) is 0 Å². The highest BCUT2D eigenvalue weighted by molar-refractivity contribution is 7.13. The molecule has 0 aliphatic rings. The van der Waals surface area contributed by atoms with Gasteiger partial charge in [0, 0.05) is 16.8 Å². The van der Waals surface area contributed by atoms with Crippen molar-refractivity contribution in [2.75, 3.05) is 0 Å². The smallest absolute Gasteiger partial charge is 0.131 e. The minimum atomic E-state index is 0.693. The van der Waals surface area contributed by atoms with E-state index in [1.54, 1.807) is 11.3 Å². The van der Waals surface area contributed by atoms with E-state index in [2.05, 4.69) is 10.2 Å². The van der Waals surface area contributed by atoms with Gasteiger partial charge in [0.15, 0.2) is 0 Å². The lowest BCUT2D eigenvalue weighted by atomic mass is 10.1. The normalized spacial score (nSPS) is 11.1. The zero-order valence-electron chi connectivity index (χ0n) is 14.1. The molecular formula is C21H13ClN4S. The SMILES string of the molecule is Clc1ccc(-c2nnc(-c3cccs3)c3nn(-c4ccccc4)cc23)cc1. The molecule has 2 aromatic carbocycles. The molecule has 0 unspecified atom stereocenters. The van der Waals surface area contributed by atoms with E-state index >= 15 is 0 Å². The topological polar surface area (TPSA) is 43.6 Å². The van der Waals surface area contributed by atoms with Crippen molar-refractivity contribution in [2.24, 2.45) is 0 Å². The van der Waals surface area contributed by atoms with Gasteiger partial charge in [0.1, 0.15) is 16.9 Å². The van der Waals surface area contributed by atoms with E-state index in [1.165, 1.54) is 0 Å². The van der Waals surface area contributed by atoms with Gasteiger partial charge in [0.25, 0.3) is 0 Å². The van der Waals surface area contributed by atoms with Crippen LogP contribution in [0.15, 0.2) is 78.3 Å². The molecule has 6 heteroatoms. The first-order valence-electron chi connectivity index (χ1n) is 8.41. The summed E-state index contributed by atoms with van der Waals surface area (Å²) >= 11 is 7.67. The van der Waals surface area contributed by atoms with Crippen LogP contribution in [-0.4, -0.2) is 20.0 Å². The molecule has 0 radical (unpaired) electrons. The summed E-state index contributed by atoms with van der Waals surface area (Å²) in [7, 11) is 0. The first-order valence-corrected chi connectivity index (χ1v) is 9.67. The van der Waals surface area contributed by atoms with Crippen LogP contribution < -0.4 is 0 Å². The van der Waals surface area contributed by atoms with Crippen LogP contribution in [0.1, 0.15) is 0 Å². The largest absolute Gasteiger partial charge is 0.240 e. The maximum Gasteiger partial charge on any atom is 0.131 e. The maximum atomic E-state index is 6.04. The number of hydrogen-bond acceptors (Lipinski definition) is 4. The Bertz CT molecular complexity index is 1210. The Labute approximate surface area is 164 Å². The van der Waals surface area contributed by atoms with Crippen LogP contribution in [-0.2, 0) is 0 Å². The number of nitrogens with zero attached hydrogens (tertiary/aromatic N) is 4. The number of para-hydroxylation sites is 1. The molecule has 0 atom stereocenters. The van der Waals surface area contributed by atoms with Crippen molar-refractivity contribution in [1.29, 1.82) is 0 Å². The second-order valence-corrected chi connectivity index (χ2v) is 7.44. The van der Waals surface area contributed by atoms with Crippen LogP contribution in [0.25, 0.3) is 38.4 Å². The van der Waals surface area contributed by atoms with E-state index in [4.69, 9.17) is 16.7 Å². The molecule has 0 saturated heterocycles. The van der Waals surface area contributed by atoms with Gasteiger partial charge in [-0.1, -0.05) is 48.0 Å². The highest BCUT2D eigenvalue weighted by atomic mass is 35.5. The van der Waals surface area contributed by atoms with Crippen LogP contribution in [0.5, 0.6) is 0 Å². The van der Waals surface area contributed by atoms with Crippen LogP contribution in [0.4, 0.5) is 0 Å². The Hall–Kier alpha value is -3.02. The lowest BCUT2D eigenvalue weighted by Crippen LogP contribution is -1.94. The van der Waals surface area contributed by atoms with Gasteiger partial charge in [-0.05, 0) is 35.7 Å². The summed E-state index contributed by atoms with van der Waals surface area (Å²) in [5.74, 6) is 0. The minimum absolute atomic E-state index is 0.693.